The van der Waals surface area contributed by atoms with E-state index in [2.05, 4.69) is 5.32 Å². The highest BCUT2D eigenvalue weighted by Crippen LogP contribution is 2.22. The number of carbonyl (C=O) groups excluding carboxylic acids is 1. The average Bonchev–Trinajstić information content (AvgIpc) is 2.45. The number of phenolic OH excluding ortho intramolecular Hbond substituents is 1. The van der Waals surface area contributed by atoms with E-state index < -0.39 is 17.6 Å². The van der Waals surface area contributed by atoms with Gasteiger partial charge in [0.25, 0.3) is 5.91 Å². The van der Waals surface area contributed by atoms with Crippen LogP contribution in [0.5, 0.6) is 11.5 Å². The van der Waals surface area contributed by atoms with Crippen molar-refractivity contribution in [3.8, 4) is 11.5 Å². The first kappa shape index (κ1) is 14.4. The standard InChI is InChI=1S/C15H13NO5/c17-10-4-1-3-9(7-10)8-16-14(19)11-5-2-6-12(13(11)18)15(20)21/h1-7,17-18H,8H2,(H,16,19)(H,20,21). The van der Waals surface area contributed by atoms with Gasteiger partial charge in [0.2, 0.25) is 0 Å². The van der Waals surface area contributed by atoms with Crippen molar-refractivity contribution in [3.05, 3.63) is 59.2 Å². The summed E-state index contributed by atoms with van der Waals surface area (Å²) in [6.45, 7) is 0.143. The number of para-hydroxylation sites is 1. The number of carboxylic acid groups (broad SMARTS) is 1. The molecule has 0 bridgehead atoms. The molecule has 6 heteroatoms. The highest BCUT2D eigenvalue weighted by Gasteiger charge is 2.17. The van der Waals surface area contributed by atoms with Crippen molar-refractivity contribution < 1.29 is 24.9 Å². The molecule has 0 atom stereocenters. The van der Waals surface area contributed by atoms with Crippen LogP contribution in [0.4, 0.5) is 0 Å². The minimum absolute atomic E-state index is 0.0810. The third-order valence-electron chi connectivity index (χ3n) is 2.87. The van der Waals surface area contributed by atoms with Crippen LogP contribution in [0.3, 0.4) is 0 Å². The third kappa shape index (κ3) is 3.30. The first-order chi connectivity index (χ1) is 9.99. The lowest BCUT2D eigenvalue weighted by molar-refractivity contribution is 0.0693. The van der Waals surface area contributed by atoms with Crippen molar-refractivity contribution in [2.24, 2.45) is 0 Å². The summed E-state index contributed by atoms with van der Waals surface area (Å²) < 4.78 is 0. The molecule has 0 saturated heterocycles. The molecule has 0 unspecified atom stereocenters. The lowest BCUT2D eigenvalue weighted by Gasteiger charge is -2.08. The summed E-state index contributed by atoms with van der Waals surface area (Å²) in [6, 6.07) is 10.3. The van der Waals surface area contributed by atoms with E-state index in [9.17, 15) is 19.8 Å². The van der Waals surface area contributed by atoms with Gasteiger partial charge in [-0.3, -0.25) is 4.79 Å². The first-order valence-electron chi connectivity index (χ1n) is 6.10. The van der Waals surface area contributed by atoms with Crippen LogP contribution in [0.2, 0.25) is 0 Å². The highest BCUT2D eigenvalue weighted by atomic mass is 16.4. The van der Waals surface area contributed by atoms with Crippen molar-refractivity contribution in [1.29, 1.82) is 0 Å². The lowest BCUT2D eigenvalue weighted by Crippen LogP contribution is -2.23. The molecule has 2 rings (SSSR count). The molecule has 2 aromatic carbocycles. The van der Waals surface area contributed by atoms with Gasteiger partial charge >= 0.3 is 5.97 Å². The fraction of sp³-hybridized carbons (Fsp3) is 0.0667. The van der Waals surface area contributed by atoms with Crippen LogP contribution in [0.1, 0.15) is 26.3 Å². The molecule has 108 valence electrons. The number of aromatic carboxylic acids is 1. The normalized spacial score (nSPS) is 10.1. The van der Waals surface area contributed by atoms with E-state index in [0.29, 0.717) is 5.56 Å². The summed E-state index contributed by atoms with van der Waals surface area (Å²) in [5, 5.41) is 30.5. The van der Waals surface area contributed by atoms with E-state index in [1.165, 1.54) is 30.3 Å². The van der Waals surface area contributed by atoms with Crippen LogP contribution in [0, 0.1) is 0 Å². The number of hydrogen-bond donors (Lipinski definition) is 4. The maximum atomic E-state index is 12.0. The Balaban J connectivity index is 2.14. The molecular formula is C15H13NO5. The van der Waals surface area contributed by atoms with E-state index in [4.69, 9.17) is 5.11 Å². The second-order valence-electron chi connectivity index (χ2n) is 4.36. The zero-order valence-corrected chi connectivity index (χ0v) is 10.9. The van der Waals surface area contributed by atoms with Gasteiger partial charge in [-0.25, -0.2) is 4.79 Å². The Hall–Kier alpha value is -3.02. The summed E-state index contributed by atoms with van der Waals surface area (Å²) in [7, 11) is 0. The number of rotatable bonds is 4. The van der Waals surface area contributed by atoms with Gasteiger partial charge in [0.15, 0.2) is 0 Å². The number of amides is 1. The highest BCUT2D eigenvalue weighted by molar-refractivity contribution is 6.01. The van der Waals surface area contributed by atoms with Crippen LogP contribution in [0.15, 0.2) is 42.5 Å². The topological polar surface area (TPSA) is 107 Å². The van der Waals surface area contributed by atoms with E-state index in [1.807, 2.05) is 0 Å². The molecule has 0 radical (unpaired) electrons. The molecule has 0 heterocycles. The van der Waals surface area contributed by atoms with Gasteiger partial charge in [0.1, 0.15) is 17.1 Å². The molecule has 0 spiro atoms. The van der Waals surface area contributed by atoms with Gasteiger partial charge < -0.3 is 20.6 Å². The van der Waals surface area contributed by atoms with Gasteiger partial charge in [0, 0.05) is 6.54 Å². The number of phenols is 2. The SMILES string of the molecule is O=C(O)c1cccc(C(=O)NCc2cccc(O)c2)c1O. The van der Waals surface area contributed by atoms with Gasteiger partial charge in [-0.2, -0.15) is 0 Å². The zero-order chi connectivity index (χ0) is 15.4. The fourth-order valence-electron chi connectivity index (χ4n) is 1.84. The van der Waals surface area contributed by atoms with Crippen LogP contribution < -0.4 is 5.32 Å². The predicted octanol–water partition coefficient (Wildman–Crippen LogP) is 1.73. The van der Waals surface area contributed by atoms with E-state index >= 15 is 0 Å². The Labute approximate surface area is 120 Å². The minimum atomic E-state index is -1.31. The smallest absolute Gasteiger partial charge is 0.339 e. The van der Waals surface area contributed by atoms with E-state index in [-0.39, 0.29) is 23.4 Å². The molecule has 4 N–H and O–H groups in total. The molecule has 2 aromatic rings. The quantitative estimate of drug-likeness (QED) is 0.685. The predicted molar refractivity (Wildman–Crippen MR) is 74.3 cm³/mol. The van der Waals surface area contributed by atoms with E-state index in [1.54, 1.807) is 12.1 Å². The average molecular weight is 287 g/mol. The molecule has 0 aromatic heterocycles. The van der Waals surface area contributed by atoms with Crippen molar-refractivity contribution in [2.75, 3.05) is 0 Å². The summed E-state index contributed by atoms with van der Waals surface area (Å²) in [6.07, 6.45) is 0. The molecule has 6 nitrogen and oxygen atoms in total. The molecule has 0 aliphatic carbocycles. The third-order valence-corrected chi connectivity index (χ3v) is 2.87. The van der Waals surface area contributed by atoms with Crippen LogP contribution in [-0.4, -0.2) is 27.2 Å². The van der Waals surface area contributed by atoms with Gasteiger partial charge in [0.05, 0.1) is 5.56 Å². The summed E-state index contributed by atoms with van der Waals surface area (Å²) in [5.41, 5.74) is 0.229. The molecule has 0 saturated carbocycles. The lowest BCUT2D eigenvalue weighted by atomic mass is 10.1. The number of hydrogen-bond acceptors (Lipinski definition) is 4. The Morgan fingerprint density at radius 3 is 2.33 bits per heavy atom. The summed E-state index contributed by atoms with van der Waals surface area (Å²) in [5.74, 6) is -2.40. The number of aromatic hydroxyl groups is 2. The van der Waals surface area contributed by atoms with Crippen LogP contribution in [-0.2, 0) is 6.54 Å². The van der Waals surface area contributed by atoms with Crippen molar-refractivity contribution >= 4 is 11.9 Å². The number of benzene rings is 2. The van der Waals surface area contributed by atoms with Crippen molar-refractivity contribution in [1.82, 2.24) is 5.32 Å². The zero-order valence-electron chi connectivity index (χ0n) is 10.9. The van der Waals surface area contributed by atoms with Crippen LogP contribution in [0.25, 0.3) is 0 Å². The summed E-state index contributed by atoms with van der Waals surface area (Å²) in [4.78, 5) is 22.9. The Morgan fingerprint density at radius 2 is 1.67 bits per heavy atom. The van der Waals surface area contributed by atoms with Gasteiger partial charge in [-0.15, -0.1) is 0 Å². The Morgan fingerprint density at radius 1 is 1.00 bits per heavy atom. The van der Waals surface area contributed by atoms with Crippen molar-refractivity contribution in [3.63, 3.8) is 0 Å². The second-order valence-corrected chi connectivity index (χ2v) is 4.36. The molecule has 1 amide bonds. The number of nitrogens with one attached hydrogen (secondary N) is 1. The molecule has 21 heavy (non-hydrogen) atoms. The molecule has 0 aliphatic rings. The van der Waals surface area contributed by atoms with Gasteiger partial charge in [-0.1, -0.05) is 18.2 Å². The second kappa shape index (κ2) is 5.96. The monoisotopic (exact) mass is 287 g/mol. The van der Waals surface area contributed by atoms with Crippen molar-refractivity contribution in [2.45, 2.75) is 6.54 Å². The van der Waals surface area contributed by atoms with Gasteiger partial charge in [-0.05, 0) is 29.8 Å². The minimum Gasteiger partial charge on any atom is -0.508 e. The molecule has 0 fully saturated rings. The number of carboxylic acids is 1. The maximum absolute atomic E-state index is 12.0. The molecular weight excluding hydrogens is 274 g/mol. The fourth-order valence-corrected chi connectivity index (χ4v) is 1.84. The van der Waals surface area contributed by atoms with Crippen LogP contribution >= 0.6 is 0 Å². The maximum Gasteiger partial charge on any atom is 0.339 e. The Bertz CT molecular complexity index is 696. The number of carbonyl (C=O) groups is 2. The van der Waals surface area contributed by atoms with E-state index in [0.717, 1.165) is 0 Å². The first-order valence-corrected chi connectivity index (χ1v) is 6.10. The largest absolute Gasteiger partial charge is 0.508 e. The molecule has 0 aliphatic heterocycles. The summed E-state index contributed by atoms with van der Waals surface area (Å²) >= 11 is 0. The Kier molecular flexibility index (Phi) is 4.08.